The van der Waals surface area contributed by atoms with Gasteiger partial charge in [-0.05, 0) is 25.8 Å². The number of rotatable bonds is 7. The van der Waals surface area contributed by atoms with Crippen LogP contribution in [0.25, 0.3) is 0 Å². The Kier molecular flexibility index (Phi) is 7.19. The summed E-state index contributed by atoms with van der Waals surface area (Å²) in [6.45, 7) is 3.17. The van der Waals surface area contributed by atoms with Crippen molar-refractivity contribution in [3.63, 3.8) is 0 Å². The first-order valence-corrected chi connectivity index (χ1v) is 8.94. The molecule has 2 aliphatic rings. The number of aliphatic carboxylic acids is 1. The van der Waals surface area contributed by atoms with Crippen molar-refractivity contribution in [2.75, 3.05) is 39.8 Å². The standard InChI is InChI=1S/C17H29N3O5/c1-12(21)18-16(13-5-3-4-6-13)17(24)20-7-8-25-14(10-20)9-19(2)11-15(22)23/h13-14,16H,3-11H2,1-2H3,(H,18,21)(H,22,23). The molecule has 8 nitrogen and oxygen atoms in total. The van der Waals surface area contributed by atoms with E-state index in [9.17, 15) is 14.4 Å². The molecule has 2 fully saturated rings. The lowest BCUT2D eigenvalue weighted by Crippen LogP contribution is -2.56. The molecule has 0 aromatic carbocycles. The molecule has 2 N–H and O–H groups in total. The van der Waals surface area contributed by atoms with E-state index < -0.39 is 12.0 Å². The lowest BCUT2D eigenvalue weighted by atomic mass is 9.96. The highest BCUT2D eigenvalue weighted by molar-refractivity contribution is 5.87. The molecule has 1 aliphatic carbocycles. The lowest BCUT2D eigenvalue weighted by molar-refractivity contribution is -0.146. The van der Waals surface area contributed by atoms with Crippen LogP contribution in [0.2, 0.25) is 0 Å². The molecule has 25 heavy (non-hydrogen) atoms. The second kappa shape index (κ2) is 9.15. The van der Waals surface area contributed by atoms with Gasteiger partial charge in [-0.25, -0.2) is 0 Å². The van der Waals surface area contributed by atoms with E-state index in [1.54, 1.807) is 16.8 Å². The molecule has 1 saturated carbocycles. The monoisotopic (exact) mass is 355 g/mol. The lowest BCUT2D eigenvalue weighted by Gasteiger charge is -2.37. The van der Waals surface area contributed by atoms with Crippen molar-refractivity contribution < 1.29 is 24.2 Å². The van der Waals surface area contributed by atoms with Gasteiger partial charge in [-0.2, -0.15) is 0 Å². The van der Waals surface area contributed by atoms with E-state index in [0.717, 1.165) is 25.7 Å². The minimum absolute atomic E-state index is 0.0451. The van der Waals surface area contributed by atoms with Crippen LogP contribution in [0.5, 0.6) is 0 Å². The summed E-state index contributed by atoms with van der Waals surface area (Å²) in [7, 11) is 1.72. The largest absolute Gasteiger partial charge is 0.480 e. The van der Waals surface area contributed by atoms with Gasteiger partial charge in [-0.3, -0.25) is 19.3 Å². The average Bonchev–Trinajstić information content (AvgIpc) is 3.05. The van der Waals surface area contributed by atoms with E-state index in [1.165, 1.54) is 6.92 Å². The fourth-order valence-electron chi connectivity index (χ4n) is 3.76. The molecule has 0 aromatic rings. The summed E-state index contributed by atoms with van der Waals surface area (Å²) >= 11 is 0. The van der Waals surface area contributed by atoms with Gasteiger partial charge in [-0.15, -0.1) is 0 Å². The van der Waals surface area contributed by atoms with Crippen LogP contribution in [0, 0.1) is 5.92 Å². The number of hydrogen-bond acceptors (Lipinski definition) is 5. The van der Waals surface area contributed by atoms with Crippen LogP contribution in [-0.4, -0.2) is 84.7 Å². The number of carboxylic acid groups (broad SMARTS) is 1. The number of hydrogen-bond donors (Lipinski definition) is 2. The summed E-state index contributed by atoms with van der Waals surface area (Å²) in [5.41, 5.74) is 0. The van der Waals surface area contributed by atoms with E-state index in [4.69, 9.17) is 9.84 Å². The van der Waals surface area contributed by atoms with Gasteiger partial charge in [0, 0.05) is 26.6 Å². The van der Waals surface area contributed by atoms with E-state index in [-0.39, 0.29) is 30.4 Å². The summed E-state index contributed by atoms with van der Waals surface area (Å²) in [5.74, 6) is -0.918. The molecule has 0 radical (unpaired) electrons. The van der Waals surface area contributed by atoms with Crippen LogP contribution in [0.15, 0.2) is 0 Å². The number of ether oxygens (including phenoxy) is 1. The molecule has 1 saturated heterocycles. The number of nitrogens with one attached hydrogen (secondary N) is 1. The Morgan fingerprint density at radius 2 is 2.00 bits per heavy atom. The number of nitrogens with zero attached hydrogens (tertiary/aromatic N) is 2. The molecule has 2 rings (SSSR count). The zero-order valence-corrected chi connectivity index (χ0v) is 15.1. The van der Waals surface area contributed by atoms with Gasteiger partial charge in [-0.1, -0.05) is 12.8 Å². The predicted molar refractivity (Wildman–Crippen MR) is 91.0 cm³/mol. The van der Waals surface area contributed by atoms with Crippen molar-refractivity contribution in [3.8, 4) is 0 Å². The molecular weight excluding hydrogens is 326 g/mol. The first kappa shape index (κ1) is 19.7. The molecule has 1 aliphatic heterocycles. The van der Waals surface area contributed by atoms with Gasteiger partial charge in [0.2, 0.25) is 11.8 Å². The summed E-state index contributed by atoms with van der Waals surface area (Å²) < 4.78 is 5.68. The van der Waals surface area contributed by atoms with E-state index in [2.05, 4.69) is 5.32 Å². The van der Waals surface area contributed by atoms with Crippen LogP contribution in [0.3, 0.4) is 0 Å². The van der Waals surface area contributed by atoms with Gasteiger partial charge in [0.25, 0.3) is 0 Å². The smallest absolute Gasteiger partial charge is 0.317 e. The quantitative estimate of drug-likeness (QED) is 0.663. The zero-order valence-electron chi connectivity index (χ0n) is 15.1. The van der Waals surface area contributed by atoms with E-state index in [0.29, 0.717) is 26.2 Å². The third-order valence-electron chi connectivity index (χ3n) is 4.87. The predicted octanol–water partition coefficient (Wildman–Crippen LogP) is -0.0749. The Labute approximate surface area is 148 Å². The Hall–Kier alpha value is -1.67. The molecule has 0 bridgehead atoms. The molecule has 2 atom stereocenters. The van der Waals surface area contributed by atoms with Crippen molar-refractivity contribution in [1.29, 1.82) is 0 Å². The second-order valence-electron chi connectivity index (χ2n) is 7.09. The molecule has 8 heteroatoms. The normalized spacial score (nSPS) is 22.8. The van der Waals surface area contributed by atoms with Crippen LogP contribution < -0.4 is 5.32 Å². The van der Waals surface area contributed by atoms with Crippen LogP contribution in [0.1, 0.15) is 32.6 Å². The van der Waals surface area contributed by atoms with Gasteiger partial charge < -0.3 is 20.1 Å². The summed E-state index contributed by atoms with van der Waals surface area (Å²) in [5, 5.41) is 11.7. The number of carboxylic acids is 1. The van der Waals surface area contributed by atoms with Crippen LogP contribution in [-0.2, 0) is 19.1 Å². The van der Waals surface area contributed by atoms with E-state index in [1.807, 2.05) is 0 Å². The molecule has 0 spiro atoms. The maximum atomic E-state index is 13.0. The molecule has 142 valence electrons. The molecule has 0 aromatic heterocycles. The Balaban J connectivity index is 1.96. The molecule has 1 heterocycles. The number of carbonyl (C=O) groups excluding carboxylic acids is 2. The second-order valence-corrected chi connectivity index (χ2v) is 7.09. The highest BCUT2D eigenvalue weighted by Crippen LogP contribution is 2.29. The van der Waals surface area contributed by atoms with Crippen molar-refractivity contribution in [1.82, 2.24) is 15.1 Å². The summed E-state index contributed by atoms with van der Waals surface area (Å²) in [6, 6.07) is -0.463. The first-order valence-electron chi connectivity index (χ1n) is 8.94. The number of morpholine rings is 1. The molecule has 2 amide bonds. The van der Waals surface area contributed by atoms with Crippen molar-refractivity contribution >= 4 is 17.8 Å². The van der Waals surface area contributed by atoms with Crippen molar-refractivity contribution in [3.05, 3.63) is 0 Å². The molecule has 2 unspecified atom stereocenters. The minimum atomic E-state index is -0.891. The highest BCUT2D eigenvalue weighted by Gasteiger charge is 2.36. The van der Waals surface area contributed by atoms with Crippen LogP contribution in [0.4, 0.5) is 0 Å². The van der Waals surface area contributed by atoms with Crippen molar-refractivity contribution in [2.45, 2.75) is 44.8 Å². The fraction of sp³-hybridized carbons (Fsp3) is 0.824. The van der Waals surface area contributed by atoms with Gasteiger partial charge >= 0.3 is 5.97 Å². The number of amides is 2. The number of carbonyl (C=O) groups is 3. The highest BCUT2D eigenvalue weighted by atomic mass is 16.5. The Morgan fingerprint density at radius 1 is 1.32 bits per heavy atom. The van der Waals surface area contributed by atoms with Gasteiger partial charge in [0.05, 0.1) is 19.3 Å². The van der Waals surface area contributed by atoms with Gasteiger partial charge in [0.1, 0.15) is 6.04 Å². The first-order chi connectivity index (χ1) is 11.9. The fourth-order valence-corrected chi connectivity index (χ4v) is 3.76. The summed E-state index contributed by atoms with van der Waals surface area (Å²) in [4.78, 5) is 38.7. The zero-order chi connectivity index (χ0) is 18.4. The third-order valence-corrected chi connectivity index (χ3v) is 4.87. The van der Waals surface area contributed by atoms with Gasteiger partial charge in [0.15, 0.2) is 0 Å². The average molecular weight is 355 g/mol. The maximum Gasteiger partial charge on any atom is 0.317 e. The SMILES string of the molecule is CC(=O)NC(C(=O)N1CCOC(CN(C)CC(=O)O)C1)C1CCCC1. The molecular formula is C17H29N3O5. The Morgan fingerprint density at radius 3 is 2.60 bits per heavy atom. The maximum absolute atomic E-state index is 13.0. The number of likely N-dealkylation sites (N-methyl/N-ethyl adjacent to an activating group) is 1. The Bertz CT molecular complexity index is 493. The minimum Gasteiger partial charge on any atom is -0.480 e. The van der Waals surface area contributed by atoms with E-state index >= 15 is 0 Å². The van der Waals surface area contributed by atoms with Crippen molar-refractivity contribution in [2.24, 2.45) is 5.92 Å². The topological polar surface area (TPSA) is 99.2 Å². The van der Waals surface area contributed by atoms with Crippen LogP contribution >= 0.6 is 0 Å². The summed E-state index contributed by atoms with van der Waals surface area (Å²) in [6.07, 6.45) is 3.90. The third kappa shape index (κ3) is 5.97.